The molecule has 43 heavy (non-hydrogen) atoms. The van der Waals surface area contributed by atoms with E-state index in [4.69, 9.17) is 18.9 Å². The van der Waals surface area contributed by atoms with E-state index >= 15 is 0 Å². The zero-order valence-electron chi connectivity index (χ0n) is 24.8. The summed E-state index contributed by atoms with van der Waals surface area (Å²) in [5.41, 5.74) is 2.32. The van der Waals surface area contributed by atoms with Crippen molar-refractivity contribution < 1.29 is 33.6 Å². The minimum atomic E-state index is -0.507. The first-order valence-electron chi connectivity index (χ1n) is 14.3. The Morgan fingerprint density at radius 2 is 1.88 bits per heavy atom. The fourth-order valence-electron chi connectivity index (χ4n) is 5.23. The molecule has 0 radical (unpaired) electrons. The van der Waals surface area contributed by atoms with Crippen molar-refractivity contribution >= 4 is 23.3 Å². The minimum Gasteiger partial charge on any atom is -0.497 e. The van der Waals surface area contributed by atoms with Crippen LogP contribution < -0.4 is 29.6 Å². The summed E-state index contributed by atoms with van der Waals surface area (Å²) in [4.78, 5) is 30.7. The van der Waals surface area contributed by atoms with E-state index in [0.29, 0.717) is 48.1 Å². The van der Waals surface area contributed by atoms with Crippen LogP contribution in [0.15, 0.2) is 60.7 Å². The number of likely N-dealkylation sites (N-methyl/N-ethyl adjacent to an activating group) is 1. The summed E-state index contributed by atoms with van der Waals surface area (Å²) in [5, 5.41) is 15.6. The van der Waals surface area contributed by atoms with E-state index in [2.05, 4.69) is 15.5 Å². The van der Waals surface area contributed by atoms with E-state index in [-0.39, 0.29) is 37.1 Å². The Morgan fingerprint density at radius 1 is 1.12 bits per heavy atom. The summed E-state index contributed by atoms with van der Waals surface area (Å²) >= 11 is 0. The fraction of sp³-hybridized carbons (Fsp3) is 0.375. The normalized spacial score (nSPS) is 18.3. The van der Waals surface area contributed by atoms with E-state index in [1.807, 2.05) is 45.2 Å². The summed E-state index contributed by atoms with van der Waals surface area (Å²) in [5.74, 6) is 1.89. The highest BCUT2D eigenvalue weighted by Crippen LogP contribution is 2.36. The van der Waals surface area contributed by atoms with Gasteiger partial charge in [0, 0.05) is 37.3 Å². The van der Waals surface area contributed by atoms with Crippen LogP contribution in [0.4, 0.5) is 16.2 Å². The third-order valence-electron chi connectivity index (χ3n) is 7.67. The Labute approximate surface area is 251 Å². The number of aliphatic hydroxyl groups excluding tert-OH is 1. The number of carbonyl (C=O) groups excluding carboxylic acids is 2. The Morgan fingerprint density at radius 3 is 2.63 bits per heavy atom. The SMILES string of the molecule is COc1ccc(CN(C)C[C@@H]2Oc3c(NC(=O)Nc4ccc5c(c4)OCO5)cccc3C(=O)N([C@H](C)CO)C[C@@H]2C)cc1. The average molecular weight is 591 g/mol. The largest absolute Gasteiger partial charge is 0.497 e. The van der Waals surface area contributed by atoms with Gasteiger partial charge in [-0.15, -0.1) is 0 Å². The number of aliphatic hydroxyl groups is 1. The van der Waals surface area contributed by atoms with Crippen LogP contribution in [0, 0.1) is 5.92 Å². The molecule has 5 rings (SSSR count). The highest BCUT2D eigenvalue weighted by atomic mass is 16.7. The number of rotatable bonds is 9. The van der Waals surface area contributed by atoms with Gasteiger partial charge in [0.1, 0.15) is 11.9 Å². The van der Waals surface area contributed by atoms with Crippen molar-refractivity contribution in [3.05, 3.63) is 71.8 Å². The first kappa shape index (κ1) is 30.0. The van der Waals surface area contributed by atoms with Gasteiger partial charge in [-0.1, -0.05) is 25.1 Å². The molecule has 0 unspecified atom stereocenters. The number of ether oxygens (including phenoxy) is 4. The molecule has 2 aliphatic heterocycles. The molecule has 11 nitrogen and oxygen atoms in total. The van der Waals surface area contributed by atoms with E-state index in [1.54, 1.807) is 48.4 Å². The van der Waals surface area contributed by atoms with Gasteiger partial charge in [0.05, 0.1) is 31.0 Å². The van der Waals surface area contributed by atoms with Crippen LogP contribution >= 0.6 is 0 Å². The first-order valence-corrected chi connectivity index (χ1v) is 14.3. The average Bonchev–Trinajstić information content (AvgIpc) is 3.47. The third-order valence-corrected chi connectivity index (χ3v) is 7.67. The predicted molar refractivity (Wildman–Crippen MR) is 162 cm³/mol. The zero-order valence-corrected chi connectivity index (χ0v) is 24.8. The molecule has 0 spiro atoms. The molecule has 0 saturated heterocycles. The molecule has 0 fully saturated rings. The number of para-hydroxylation sites is 1. The molecular formula is C32H38N4O7. The van der Waals surface area contributed by atoms with Crippen molar-refractivity contribution in [1.29, 1.82) is 0 Å². The van der Waals surface area contributed by atoms with E-state index in [9.17, 15) is 14.7 Å². The minimum absolute atomic E-state index is 0.0834. The molecule has 3 atom stereocenters. The van der Waals surface area contributed by atoms with Gasteiger partial charge < -0.3 is 39.6 Å². The van der Waals surface area contributed by atoms with E-state index in [0.717, 1.165) is 11.3 Å². The Kier molecular flexibility index (Phi) is 9.22. The zero-order chi connectivity index (χ0) is 30.5. The van der Waals surface area contributed by atoms with Gasteiger partial charge in [0.15, 0.2) is 17.2 Å². The number of hydrogen-bond acceptors (Lipinski definition) is 8. The summed E-state index contributed by atoms with van der Waals surface area (Å²) < 4.78 is 22.6. The lowest BCUT2D eigenvalue weighted by atomic mass is 9.99. The molecule has 0 aromatic heterocycles. The van der Waals surface area contributed by atoms with Crippen molar-refractivity contribution in [2.75, 3.05) is 51.3 Å². The second-order valence-corrected chi connectivity index (χ2v) is 11.0. The summed E-state index contributed by atoms with van der Waals surface area (Å²) in [6.45, 7) is 5.45. The Bertz CT molecular complexity index is 1450. The first-order chi connectivity index (χ1) is 20.7. The van der Waals surface area contributed by atoms with Crippen LogP contribution in [-0.2, 0) is 6.54 Å². The quantitative estimate of drug-likeness (QED) is 0.335. The molecule has 3 aromatic carbocycles. The molecule has 11 heteroatoms. The maximum absolute atomic E-state index is 13.8. The number of amides is 3. The van der Waals surface area contributed by atoms with Gasteiger partial charge in [0.2, 0.25) is 6.79 Å². The van der Waals surface area contributed by atoms with Crippen LogP contribution in [0.3, 0.4) is 0 Å². The molecule has 2 heterocycles. The number of benzene rings is 3. The van der Waals surface area contributed by atoms with Crippen LogP contribution in [0.5, 0.6) is 23.0 Å². The lowest BCUT2D eigenvalue weighted by molar-refractivity contribution is 0.0343. The number of methoxy groups -OCH3 is 1. The van der Waals surface area contributed by atoms with Gasteiger partial charge in [-0.2, -0.15) is 0 Å². The van der Waals surface area contributed by atoms with Crippen LogP contribution in [0.25, 0.3) is 0 Å². The lowest BCUT2D eigenvalue weighted by Crippen LogP contribution is -2.49. The molecule has 228 valence electrons. The van der Waals surface area contributed by atoms with E-state index in [1.165, 1.54) is 0 Å². The van der Waals surface area contributed by atoms with Gasteiger partial charge in [0.25, 0.3) is 5.91 Å². The second kappa shape index (κ2) is 13.2. The van der Waals surface area contributed by atoms with Crippen LogP contribution in [-0.4, -0.2) is 79.6 Å². The number of urea groups is 1. The molecule has 3 aromatic rings. The molecule has 3 amide bonds. The van der Waals surface area contributed by atoms with Gasteiger partial charge in [-0.05, 0) is 55.9 Å². The van der Waals surface area contributed by atoms with Crippen molar-refractivity contribution in [3.8, 4) is 23.0 Å². The predicted octanol–water partition coefficient (Wildman–Crippen LogP) is 4.42. The molecule has 0 aliphatic carbocycles. The molecule has 3 N–H and O–H groups in total. The van der Waals surface area contributed by atoms with Crippen molar-refractivity contribution in [3.63, 3.8) is 0 Å². The smallest absolute Gasteiger partial charge is 0.323 e. The fourth-order valence-corrected chi connectivity index (χ4v) is 5.23. The molecule has 0 saturated carbocycles. The standard InChI is InChI=1S/C32H38N4O7/c1-20-15-36(21(2)18-37)31(38)25-6-5-7-26(34-32(39)33-23-10-13-27-28(14-23)42-19-41-27)30(25)43-29(20)17-35(3)16-22-8-11-24(40-4)12-9-22/h5-14,20-21,29,37H,15-19H2,1-4H3,(H2,33,34,39)/t20-,21+,29-/m0/s1. The van der Waals surface area contributed by atoms with Crippen molar-refractivity contribution in [2.24, 2.45) is 5.92 Å². The number of anilines is 2. The van der Waals surface area contributed by atoms with Gasteiger partial charge in [-0.25, -0.2) is 4.79 Å². The monoisotopic (exact) mass is 590 g/mol. The maximum atomic E-state index is 13.8. The van der Waals surface area contributed by atoms with E-state index < -0.39 is 12.1 Å². The number of fused-ring (bicyclic) bond motifs is 2. The van der Waals surface area contributed by atoms with Gasteiger partial charge in [-0.3, -0.25) is 9.69 Å². The summed E-state index contributed by atoms with van der Waals surface area (Å²) in [7, 11) is 3.66. The van der Waals surface area contributed by atoms with Crippen LogP contribution in [0.2, 0.25) is 0 Å². The molecular weight excluding hydrogens is 552 g/mol. The summed E-state index contributed by atoms with van der Waals surface area (Å²) in [6, 6.07) is 17.2. The highest BCUT2D eigenvalue weighted by Gasteiger charge is 2.34. The lowest BCUT2D eigenvalue weighted by Gasteiger charge is -2.38. The number of carbonyl (C=O) groups is 2. The third kappa shape index (κ3) is 6.95. The number of nitrogens with zero attached hydrogens (tertiary/aromatic N) is 2. The van der Waals surface area contributed by atoms with Crippen molar-refractivity contribution in [1.82, 2.24) is 9.80 Å². The van der Waals surface area contributed by atoms with Gasteiger partial charge >= 0.3 is 6.03 Å². The Balaban J connectivity index is 1.39. The number of hydrogen-bond donors (Lipinski definition) is 3. The van der Waals surface area contributed by atoms with Crippen molar-refractivity contribution in [2.45, 2.75) is 32.5 Å². The Hall–Kier alpha value is -4.48. The maximum Gasteiger partial charge on any atom is 0.323 e. The number of nitrogens with one attached hydrogen (secondary N) is 2. The summed E-state index contributed by atoms with van der Waals surface area (Å²) in [6.07, 6.45) is -0.330. The second-order valence-electron chi connectivity index (χ2n) is 11.0. The highest BCUT2D eigenvalue weighted by molar-refractivity contribution is 6.04. The van der Waals surface area contributed by atoms with Crippen LogP contribution in [0.1, 0.15) is 29.8 Å². The molecule has 0 bridgehead atoms. The topological polar surface area (TPSA) is 122 Å². The molecule has 2 aliphatic rings.